The Kier molecular flexibility index (Phi) is 3.50. The zero-order valence-corrected chi connectivity index (χ0v) is 7.33. The van der Waals surface area contributed by atoms with Gasteiger partial charge in [-0.3, -0.25) is 0 Å². The van der Waals surface area contributed by atoms with E-state index in [0.29, 0.717) is 11.1 Å². The first-order chi connectivity index (χ1) is 6.77. The molecule has 0 heterocycles. The molecule has 5 heteroatoms. The SMILES string of the molecule is N#Cc1cccc(C(O)CN=[N+]=[N-])c1. The summed E-state index contributed by atoms with van der Waals surface area (Å²) in [6.45, 7) is -0.0224. The zero-order chi connectivity index (χ0) is 10.4. The Labute approximate surface area is 80.8 Å². The van der Waals surface area contributed by atoms with Gasteiger partial charge in [0.05, 0.1) is 24.3 Å². The molecule has 1 aromatic carbocycles. The molecule has 0 aliphatic rings. The first kappa shape index (κ1) is 10.1. The van der Waals surface area contributed by atoms with E-state index in [1.54, 1.807) is 24.3 Å². The normalized spacial score (nSPS) is 11.1. The van der Waals surface area contributed by atoms with E-state index in [2.05, 4.69) is 10.0 Å². The highest BCUT2D eigenvalue weighted by Gasteiger charge is 2.05. The van der Waals surface area contributed by atoms with Crippen LogP contribution in [0.15, 0.2) is 29.4 Å². The second-order valence-corrected chi connectivity index (χ2v) is 2.67. The molecule has 0 aromatic heterocycles. The van der Waals surface area contributed by atoms with E-state index in [1.165, 1.54) is 0 Å². The maximum absolute atomic E-state index is 9.50. The van der Waals surface area contributed by atoms with Crippen LogP contribution >= 0.6 is 0 Å². The lowest BCUT2D eigenvalue weighted by atomic mass is 10.1. The van der Waals surface area contributed by atoms with Gasteiger partial charge in [-0.2, -0.15) is 5.26 Å². The molecule has 1 unspecified atom stereocenters. The minimum Gasteiger partial charge on any atom is -0.388 e. The van der Waals surface area contributed by atoms with E-state index < -0.39 is 6.10 Å². The van der Waals surface area contributed by atoms with Crippen molar-refractivity contribution < 1.29 is 5.11 Å². The molecule has 1 aromatic rings. The molecule has 0 saturated carbocycles. The Hall–Kier alpha value is -2.02. The van der Waals surface area contributed by atoms with Gasteiger partial charge in [-0.05, 0) is 23.2 Å². The van der Waals surface area contributed by atoms with Crippen molar-refractivity contribution >= 4 is 0 Å². The molecule has 0 amide bonds. The zero-order valence-electron chi connectivity index (χ0n) is 7.33. The average molecular weight is 188 g/mol. The minimum absolute atomic E-state index is 0.0224. The van der Waals surface area contributed by atoms with Crippen molar-refractivity contribution in [3.63, 3.8) is 0 Å². The number of hydrogen-bond donors (Lipinski definition) is 1. The van der Waals surface area contributed by atoms with Crippen molar-refractivity contribution in [2.24, 2.45) is 5.11 Å². The van der Waals surface area contributed by atoms with Crippen LogP contribution in [0, 0.1) is 11.3 Å². The van der Waals surface area contributed by atoms with Gasteiger partial charge in [0.25, 0.3) is 0 Å². The molecule has 0 bridgehead atoms. The number of rotatable bonds is 3. The van der Waals surface area contributed by atoms with Crippen molar-refractivity contribution in [2.75, 3.05) is 6.54 Å². The summed E-state index contributed by atoms with van der Waals surface area (Å²) in [5, 5.41) is 21.4. The summed E-state index contributed by atoms with van der Waals surface area (Å²) in [6.07, 6.45) is -0.848. The second kappa shape index (κ2) is 4.87. The van der Waals surface area contributed by atoms with Crippen LogP contribution in [0.1, 0.15) is 17.2 Å². The number of benzene rings is 1. The van der Waals surface area contributed by atoms with Crippen LogP contribution in [0.3, 0.4) is 0 Å². The molecular formula is C9H8N4O. The Morgan fingerprint density at radius 3 is 3.07 bits per heavy atom. The van der Waals surface area contributed by atoms with Gasteiger partial charge in [-0.25, -0.2) is 0 Å². The van der Waals surface area contributed by atoms with Gasteiger partial charge in [-0.15, -0.1) is 0 Å². The van der Waals surface area contributed by atoms with E-state index in [4.69, 9.17) is 10.8 Å². The van der Waals surface area contributed by atoms with Crippen LogP contribution in [0.2, 0.25) is 0 Å². The van der Waals surface area contributed by atoms with Gasteiger partial charge >= 0.3 is 0 Å². The van der Waals surface area contributed by atoms with Gasteiger partial charge in [0.2, 0.25) is 0 Å². The molecule has 1 rings (SSSR count). The Morgan fingerprint density at radius 1 is 1.64 bits per heavy atom. The predicted octanol–water partition coefficient (Wildman–Crippen LogP) is 1.90. The highest BCUT2D eigenvalue weighted by molar-refractivity contribution is 5.33. The maximum atomic E-state index is 9.50. The van der Waals surface area contributed by atoms with Gasteiger partial charge < -0.3 is 5.11 Å². The summed E-state index contributed by atoms with van der Waals surface area (Å²) >= 11 is 0. The van der Waals surface area contributed by atoms with Crippen LogP contribution in [0.4, 0.5) is 0 Å². The average Bonchev–Trinajstić information content (AvgIpc) is 2.26. The summed E-state index contributed by atoms with van der Waals surface area (Å²) in [4.78, 5) is 2.54. The Morgan fingerprint density at radius 2 is 2.43 bits per heavy atom. The number of aliphatic hydroxyl groups is 1. The lowest BCUT2D eigenvalue weighted by molar-refractivity contribution is 0.187. The summed E-state index contributed by atoms with van der Waals surface area (Å²) in [5.74, 6) is 0. The van der Waals surface area contributed by atoms with Crippen LogP contribution in [0.5, 0.6) is 0 Å². The number of aliphatic hydroxyl groups excluding tert-OH is 1. The molecule has 0 spiro atoms. The molecule has 0 radical (unpaired) electrons. The van der Waals surface area contributed by atoms with Crippen molar-refractivity contribution in [3.8, 4) is 6.07 Å². The number of azide groups is 1. The number of nitriles is 1. The summed E-state index contributed by atoms with van der Waals surface area (Å²) in [5.41, 5.74) is 9.11. The quantitative estimate of drug-likeness (QED) is 0.445. The van der Waals surface area contributed by atoms with Crippen LogP contribution in [-0.4, -0.2) is 11.7 Å². The maximum Gasteiger partial charge on any atom is 0.0991 e. The smallest absolute Gasteiger partial charge is 0.0991 e. The van der Waals surface area contributed by atoms with Gasteiger partial charge in [0, 0.05) is 4.91 Å². The minimum atomic E-state index is -0.848. The van der Waals surface area contributed by atoms with Crippen molar-refractivity contribution in [3.05, 3.63) is 45.8 Å². The van der Waals surface area contributed by atoms with Gasteiger partial charge in [0.1, 0.15) is 0 Å². The topological polar surface area (TPSA) is 92.8 Å². The van der Waals surface area contributed by atoms with Crippen molar-refractivity contribution in [1.29, 1.82) is 5.26 Å². The van der Waals surface area contributed by atoms with Crippen LogP contribution in [0.25, 0.3) is 10.4 Å². The molecule has 0 fully saturated rings. The standard InChI is InChI=1S/C9H8N4O/c10-5-7-2-1-3-8(4-7)9(14)6-12-13-11/h1-4,9,14H,6H2. The lowest BCUT2D eigenvalue weighted by Crippen LogP contribution is -2.00. The molecule has 14 heavy (non-hydrogen) atoms. The monoisotopic (exact) mass is 188 g/mol. The fourth-order valence-electron chi connectivity index (χ4n) is 1.03. The van der Waals surface area contributed by atoms with E-state index in [1.807, 2.05) is 6.07 Å². The van der Waals surface area contributed by atoms with Crippen molar-refractivity contribution in [1.82, 2.24) is 0 Å². The first-order valence-electron chi connectivity index (χ1n) is 3.97. The first-order valence-corrected chi connectivity index (χ1v) is 3.97. The van der Waals surface area contributed by atoms with E-state index in [9.17, 15) is 5.11 Å². The van der Waals surface area contributed by atoms with Gasteiger partial charge in [0.15, 0.2) is 0 Å². The molecule has 1 N–H and O–H groups in total. The van der Waals surface area contributed by atoms with Crippen molar-refractivity contribution in [2.45, 2.75) is 6.10 Å². The van der Waals surface area contributed by atoms with Crippen LogP contribution in [-0.2, 0) is 0 Å². The second-order valence-electron chi connectivity index (χ2n) is 2.67. The molecular weight excluding hydrogens is 180 g/mol. The molecule has 5 nitrogen and oxygen atoms in total. The highest BCUT2D eigenvalue weighted by Crippen LogP contribution is 2.14. The molecule has 0 aliphatic heterocycles. The summed E-state index contributed by atoms with van der Waals surface area (Å²) < 4.78 is 0. The highest BCUT2D eigenvalue weighted by atomic mass is 16.3. The molecule has 70 valence electrons. The third-order valence-electron chi connectivity index (χ3n) is 1.72. The third kappa shape index (κ3) is 2.49. The number of hydrogen-bond acceptors (Lipinski definition) is 3. The largest absolute Gasteiger partial charge is 0.388 e. The molecule has 0 saturated heterocycles. The van der Waals surface area contributed by atoms with Crippen LogP contribution < -0.4 is 0 Å². The van der Waals surface area contributed by atoms with E-state index in [0.717, 1.165) is 0 Å². The van der Waals surface area contributed by atoms with E-state index >= 15 is 0 Å². The molecule has 1 atom stereocenters. The summed E-state index contributed by atoms with van der Waals surface area (Å²) in [7, 11) is 0. The predicted molar refractivity (Wildman–Crippen MR) is 50.1 cm³/mol. The fourth-order valence-corrected chi connectivity index (χ4v) is 1.03. The number of nitrogens with zero attached hydrogens (tertiary/aromatic N) is 4. The van der Waals surface area contributed by atoms with E-state index in [-0.39, 0.29) is 6.54 Å². The van der Waals surface area contributed by atoms with Gasteiger partial charge in [-0.1, -0.05) is 17.2 Å². The summed E-state index contributed by atoms with van der Waals surface area (Å²) in [6, 6.07) is 8.53. The molecule has 0 aliphatic carbocycles. The third-order valence-corrected chi connectivity index (χ3v) is 1.72. The fraction of sp³-hybridized carbons (Fsp3) is 0.222. The Balaban J connectivity index is 2.85. The lowest BCUT2D eigenvalue weighted by Gasteiger charge is -2.06. The Bertz CT molecular complexity index is 404.